The molecule has 0 unspecified atom stereocenters. The van der Waals surface area contributed by atoms with Gasteiger partial charge in [-0.1, -0.05) is 26.0 Å². The number of carbonyl (C=O) groups is 2. The van der Waals surface area contributed by atoms with Crippen LogP contribution in [0, 0.1) is 0 Å². The lowest BCUT2D eigenvalue weighted by Crippen LogP contribution is -2.34. The van der Waals surface area contributed by atoms with Gasteiger partial charge in [-0.2, -0.15) is 0 Å². The molecule has 1 aromatic heterocycles. The molecule has 1 aromatic carbocycles. The summed E-state index contributed by atoms with van der Waals surface area (Å²) in [7, 11) is 0. The minimum absolute atomic E-state index is 0.113. The number of amides is 1. The fraction of sp³-hybridized carbons (Fsp3) is 0.368. The summed E-state index contributed by atoms with van der Waals surface area (Å²) in [6.45, 7) is 7.31. The number of aromatic nitrogens is 1. The topological polar surface area (TPSA) is 104 Å². The molecule has 146 valence electrons. The second kappa shape index (κ2) is 9.63. The third-order valence-corrected chi connectivity index (χ3v) is 4.14. The van der Waals surface area contributed by atoms with Crippen molar-refractivity contribution in [2.75, 3.05) is 26.2 Å². The van der Waals surface area contributed by atoms with Crippen LogP contribution in [-0.4, -0.2) is 57.9 Å². The Morgan fingerprint density at radius 1 is 1.11 bits per heavy atom. The van der Waals surface area contributed by atoms with Crippen LogP contribution in [0.5, 0.6) is 11.8 Å². The van der Waals surface area contributed by atoms with Crippen LogP contribution < -0.4 is 10.2 Å². The van der Waals surface area contributed by atoms with Crippen LogP contribution in [0.4, 0.5) is 0 Å². The number of hydrogen-bond acceptors (Lipinski definition) is 6. The number of nitrogens with one attached hydrogen (secondary N) is 1. The zero-order valence-corrected chi connectivity index (χ0v) is 15.5. The van der Waals surface area contributed by atoms with Crippen LogP contribution in [0.1, 0.15) is 29.8 Å². The number of aromatic hydroxyl groups is 2. The van der Waals surface area contributed by atoms with Gasteiger partial charge in [0, 0.05) is 30.8 Å². The lowest BCUT2D eigenvalue weighted by molar-refractivity contribution is -0.144. The first-order valence-electron chi connectivity index (χ1n) is 8.84. The van der Waals surface area contributed by atoms with Crippen molar-refractivity contribution in [3.8, 4) is 11.8 Å². The smallest absolute Gasteiger partial charge is 0.337 e. The number of nitrogens with zero attached hydrogens (tertiary/aromatic N) is 2. The Hall–Kier alpha value is -3.00. The average molecular weight is 375 g/mol. The molecular formula is C19H25N3O5. The van der Waals surface area contributed by atoms with Crippen LogP contribution in [0.2, 0.25) is 0 Å². The van der Waals surface area contributed by atoms with Crippen molar-refractivity contribution in [3.05, 3.63) is 47.5 Å². The molecule has 0 spiro atoms. The standard InChI is InChI=1S/C19H25N3O5/c1-3-21(4-2)11-10-20-19(26)15-7-5-6-14(12-15)13-18(25)27-22-16(23)8-9-17(22)24/h5-9,12,23-24H,3-4,10-11,13H2,1-2H3,(H,20,26). The van der Waals surface area contributed by atoms with E-state index in [1.807, 2.05) is 0 Å². The van der Waals surface area contributed by atoms with E-state index in [4.69, 9.17) is 4.84 Å². The molecule has 8 nitrogen and oxygen atoms in total. The highest BCUT2D eigenvalue weighted by Gasteiger charge is 2.14. The maximum atomic E-state index is 12.3. The first-order valence-corrected chi connectivity index (χ1v) is 8.84. The normalized spacial score (nSPS) is 10.8. The summed E-state index contributed by atoms with van der Waals surface area (Å²) in [6, 6.07) is 9.07. The molecule has 0 atom stereocenters. The molecule has 27 heavy (non-hydrogen) atoms. The van der Waals surface area contributed by atoms with Crippen molar-refractivity contribution in [1.29, 1.82) is 0 Å². The lowest BCUT2D eigenvalue weighted by atomic mass is 10.1. The Labute approximate surface area is 157 Å². The molecule has 0 aliphatic heterocycles. The maximum absolute atomic E-state index is 12.3. The second-order valence-electron chi connectivity index (χ2n) is 5.97. The molecule has 3 N–H and O–H groups in total. The summed E-state index contributed by atoms with van der Waals surface area (Å²) < 4.78 is 0.631. The van der Waals surface area contributed by atoms with Crippen molar-refractivity contribution in [2.45, 2.75) is 20.3 Å². The second-order valence-corrected chi connectivity index (χ2v) is 5.97. The van der Waals surface area contributed by atoms with E-state index in [0.29, 0.717) is 22.4 Å². The molecular weight excluding hydrogens is 350 g/mol. The summed E-state index contributed by atoms with van der Waals surface area (Å²) in [4.78, 5) is 31.4. The van der Waals surface area contributed by atoms with E-state index in [0.717, 1.165) is 19.6 Å². The molecule has 0 saturated heterocycles. The average Bonchev–Trinajstić information content (AvgIpc) is 2.97. The van der Waals surface area contributed by atoms with Gasteiger partial charge in [0.25, 0.3) is 5.91 Å². The van der Waals surface area contributed by atoms with Gasteiger partial charge < -0.3 is 25.3 Å². The molecule has 2 aromatic rings. The van der Waals surface area contributed by atoms with Crippen LogP contribution in [-0.2, 0) is 11.2 Å². The number of benzene rings is 1. The van der Waals surface area contributed by atoms with E-state index in [9.17, 15) is 19.8 Å². The third-order valence-electron chi connectivity index (χ3n) is 4.14. The molecule has 0 fully saturated rings. The Morgan fingerprint density at radius 2 is 1.78 bits per heavy atom. The zero-order chi connectivity index (χ0) is 19.8. The van der Waals surface area contributed by atoms with E-state index in [1.54, 1.807) is 24.3 Å². The van der Waals surface area contributed by atoms with Crippen LogP contribution in [0.25, 0.3) is 0 Å². The summed E-state index contributed by atoms with van der Waals surface area (Å²) in [5, 5.41) is 21.8. The predicted molar refractivity (Wildman–Crippen MR) is 99.6 cm³/mol. The van der Waals surface area contributed by atoms with Gasteiger partial charge >= 0.3 is 5.97 Å². The summed E-state index contributed by atoms with van der Waals surface area (Å²) >= 11 is 0. The Morgan fingerprint density at radius 3 is 2.41 bits per heavy atom. The molecule has 0 aliphatic rings. The molecule has 0 aliphatic carbocycles. The van der Waals surface area contributed by atoms with Crippen molar-refractivity contribution < 1.29 is 24.6 Å². The van der Waals surface area contributed by atoms with Crippen molar-refractivity contribution >= 4 is 11.9 Å². The van der Waals surface area contributed by atoms with Crippen LogP contribution >= 0.6 is 0 Å². The van der Waals surface area contributed by atoms with E-state index in [-0.39, 0.29) is 24.1 Å². The molecule has 8 heteroatoms. The quantitative estimate of drug-likeness (QED) is 0.608. The third kappa shape index (κ3) is 5.75. The zero-order valence-electron chi connectivity index (χ0n) is 15.5. The molecule has 2 rings (SSSR count). The predicted octanol–water partition coefficient (Wildman–Crippen LogP) is 1.17. The van der Waals surface area contributed by atoms with E-state index >= 15 is 0 Å². The fourth-order valence-electron chi connectivity index (χ4n) is 2.59. The first-order chi connectivity index (χ1) is 12.9. The van der Waals surface area contributed by atoms with Crippen molar-refractivity contribution in [2.24, 2.45) is 0 Å². The number of likely N-dealkylation sites (N-methyl/N-ethyl adjacent to an activating group) is 1. The van der Waals surface area contributed by atoms with Crippen LogP contribution in [0.3, 0.4) is 0 Å². The molecule has 0 bridgehead atoms. The minimum Gasteiger partial charge on any atom is -0.492 e. The first kappa shape index (κ1) is 20.3. The van der Waals surface area contributed by atoms with Crippen molar-refractivity contribution in [1.82, 2.24) is 14.9 Å². The van der Waals surface area contributed by atoms with Gasteiger partial charge in [0.2, 0.25) is 11.8 Å². The summed E-state index contributed by atoms with van der Waals surface area (Å²) in [6.07, 6.45) is -0.113. The van der Waals surface area contributed by atoms with Gasteiger partial charge in [0.1, 0.15) is 0 Å². The van der Waals surface area contributed by atoms with E-state index < -0.39 is 5.97 Å². The van der Waals surface area contributed by atoms with E-state index in [1.165, 1.54) is 12.1 Å². The molecule has 0 saturated carbocycles. The summed E-state index contributed by atoms with van der Waals surface area (Å²) in [5.74, 6) is -1.67. The monoisotopic (exact) mass is 375 g/mol. The Balaban J connectivity index is 1.92. The highest BCUT2D eigenvalue weighted by Crippen LogP contribution is 2.19. The Kier molecular flexibility index (Phi) is 7.25. The van der Waals surface area contributed by atoms with Gasteiger partial charge in [0.15, 0.2) is 0 Å². The fourth-order valence-corrected chi connectivity index (χ4v) is 2.59. The lowest BCUT2D eigenvalue weighted by Gasteiger charge is -2.18. The Bertz CT molecular complexity index is 764. The molecule has 1 amide bonds. The van der Waals surface area contributed by atoms with Gasteiger partial charge in [-0.05, 0) is 30.8 Å². The largest absolute Gasteiger partial charge is 0.492 e. The highest BCUT2D eigenvalue weighted by atomic mass is 16.7. The minimum atomic E-state index is -0.684. The molecule has 0 radical (unpaired) electrons. The number of hydrogen-bond donors (Lipinski definition) is 3. The highest BCUT2D eigenvalue weighted by molar-refractivity contribution is 5.94. The van der Waals surface area contributed by atoms with Gasteiger partial charge in [-0.3, -0.25) is 4.79 Å². The van der Waals surface area contributed by atoms with Gasteiger partial charge in [0.05, 0.1) is 6.42 Å². The van der Waals surface area contributed by atoms with E-state index in [2.05, 4.69) is 24.1 Å². The maximum Gasteiger partial charge on any atom is 0.337 e. The van der Waals surface area contributed by atoms with Crippen molar-refractivity contribution in [3.63, 3.8) is 0 Å². The van der Waals surface area contributed by atoms with Gasteiger partial charge in [-0.15, -0.1) is 4.73 Å². The summed E-state index contributed by atoms with van der Waals surface area (Å²) in [5.41, 5.74) is 1.04. The van der Waals surface area contributed by atoms with Gasteiger partial charge in [-0.25, -0.2) is 4.79 Å². The number of rotatable bonds is 9. The number of carbonyl (C=O) groups excluding carboxylic acids is 2. The SMILES string of the molecule is CCN(CC)CCNC(=O)c1cccc(CC(=O)On2c(O)ccc2O)c1. The molecule has 1 heterocycles. The van der Waals surface area contributed by atoms with Crippen LogP contribution in [0.15, 0.2) is 36.4 Å².